The highest BCUT2D eigenvalue weighted by molar-refractivity contribution is 6.35. The Balaban J connectivity index is 2.15. The first-order valence-electron chi connectivity index (χ1n) is 5.96. The number of carbonyl (C=O) groups is 1. The van der Waals surface area contributed by atoms with E-state index in [4.69, 9.17) is 33.7 Å². The van der Waals surface area contributed by atoms with Gasteiger partial charge in [0, 0.05) is 21.3 Å². The van der Waals surface area contributed by atoms with Crippen LogP contribution in [0.5, 0.6) is 0 Å². The number of carbonyl (C=O) groups excluding carboxylic acids is 1. The minimum absolute atomic E-state index is 0.0194. The summed E-state index contributed by atoms with van der Waals surface area (Å²) >= 11 is 12.0. The molecule has 5 heteroatoms. The molecule has 0 aliphatic heterocycles. The predicted octanol–water partition coefficient (Wildman–Crippen LogP) is 4.24. The van der Waals surface area contributed by atoms with Gasteiger partial charge in [0.1, 0.15) is 6.61 Å². The molecular formula is C15H13Cl2NO2. The largest absolute Gasteiger partial charge is 0.457 e. The first-order chi connectivity index (χ1) is 9.50. The Kier molecular flexibility index (Phi) is 4.53. The van der Waals surface area contributed by atoms with Gasteiger partial charge in [-0.15, -0.1) is 0 Å². The van der Waals surface area contributed by atoms with Crippen molar-refractivity contribution >= 4 is 34.9 Å². The molecule has 0 saturated carbocycles. The average Bonchev–Trinajstić information content (AvgIpc) is 2.41. The molecule has 2 aromatic carbocycles. The number of nitrogens with two attached hydrogens (primary N) is 1. The number of ether oxygens (including phenoxy) is 1. The van der Waals surface area contributed by atoms with Crippen LogP contribution < -0.4 is 5.73 Å². The highest BCUT2D eigenvalue weighted by Crippen LogP contribution is 2.25. The molecule has 0 aliphatic carbocycles. The van der Waals surface area contributed by atoms with E-state index in [1.165, 1.54) is 0 Å². The highest BCUT2D eigenvalue weighted by Gasteiger charge is 2.14. The van der Waals surface area contributed by atoms with E-state index < -0.39 is 5.97 Å². The van der Waals surface area contributed by atoms with Crippen molar-refractivity contribution in [3.8, 4) is 0 Å². The van der Waals surface area contributed by atoms with Crippen molar-refractivity contribution in [3.63, 3.8) is 0 Å². The van der Waals surface area contributed by atoms with E-state index in [1.807, 2.05) is 0 Å². The third-order valence-corrected chi connectivity index (χ3v) is 3.71. The quantitative estimate of drug-likeness (QED) is 0.681. The summed E-state index contributed by atoms with van der Waals surface area (Å²) in [5.41, 5.74) is 8.04. The zero-order chi connectivity index (χ0) is 14.7. The molecule has 20 heavy (non-hydrogen) atoms. The van der Waals surface area contributed by atoms with Crippen LogP contribution in [0.3, 0.4) is 0 Å². The second-order valence-corrected chi connectivity index (χ2v) is 5.11. The van der Waals surface area contributed by atoms with Gasteiger partial charge in [0.05, 0.1) is 5.56 Å². The molecule has 104 valence electrons. The van der Waals surface area contributed by atoms with E-state index in [-0.39, 0.29) is 6.61 Å². The summed E-state index contributed by atoms with van der Waals surface area (Å²) in [6.45, 7) is 1.79. The van der Waals surface area contributed by atoms with Gasteiger partial charge in [0.25, 0.3) is 0 Å². The lowest BCUT2D eigenvalue weighted by molar-refractivity contribution is 0.0472. The summed E-state index contributed by atoms with van der Waals surface area (Å²) in [7, 11) is 0. The predicted molar refractivity (Wildman–Crippen MR) is 81.2 cm³/mol. The van der Waals surface area contributed by atoms with Gasteiger partial charge in [-0.25, -0.2) is 4.79 Å². The number of rotatable bonds is 3. The summed E-state index contributed by atoms with van der Waals surface area (Å²) in [4.78, 5) is 12.0. The maximum atomic E-state index is 12.0. The molecule has 0 heterocycles. The first kappa shape index (κ1) is 14.7. The lowest BCUT2D eigenvalue weighted by Gasteiger charge is -2.10. The topological polar surface area (TPSA) is 52.3 Å². The number of nitrogen functional groups attached to an aromatic ring is 1. The summed E-state index contributed by atoms with van der Waals surface area (Å²) in [5.74, 6) is -0.453. The number of halogens is 2. The Hall–Kier alpha value is -1.71. The molecule has 0 spiro atoms. The Morgan fingerprint density at radius 2 is 1.75 bits per heavy atom. The van der Waals surface area contributed by atoms with Crippen LogP contribution in [0.2, 0.25) is 10.0 Å². The zero-order valence-corrected chi connectivity index (χ0v) is 12.3. The van der Waals surface area contributed by atoms with Gasteiger partial charge in [-0.05, 0) is 36.8 Å². The van der Waals surface area contributed by atoms with Crippen LogP contribution in [0.1, 0.15) is 21.5 Å². The minimum atomic E-state index is -0.453. The molecule has 0 saturated heterocycles. The molecule has 0 bridgehead atoms. The maximum Gasteiger partial charge on any atom is 0.338 e. The lowest BCUT2D eigenvalue weighted by Crippen LogP contribution is -2.08. The van der Waals surface area contributed by atoms with Crippen LogP contribution in [0, 0.1) is 6.92 Å². The zero-order valence-electron chi connectivity index (χ0n) is 10.8. The van der Waals surface area contributed by atoms with Crippen molar-refractivity contribution < 1.29 is 9.53 Å². The lowest BCUT2D eigenvalue weighted by atomic mass is 10.1. The number of anilines is 1. The number of hydrogen-bond acceptors (Lipinski definition) is 3. The van der Waals surface area contributed by atoms with Gasteiger partial charge < -0.3 is 10.5 Å². The standard InChI is InChI=1S/C15H13Cl2NO2/c1-9-10(4-2-7-14(9)18)15(19)20-8-11-12(16)5-3-6-13(11)17/h2-7H,8,18H2,1H3. The SMILES string of the molecule is Cc1c(N)cccc1C(=O)OCc1c(Cl)cccc1Cl. The van der Waals surface area contributed by atoms with Crippen molar-refractivity contribution in [1.82, 2.24) is 0 Å². The Morgan fingerprint density at radius 3 is 2.40 bits per heavy atom. The van der Waals surface area contributed by atoms with Gasteiger partial charge >= 0.3 is 5.97 Å². The van der Waals surface area contributed by atoms with Crippen molar-refractivity contribution in [3.05, 3.63) is 63.1 Å². The van der Waals surface area contributed by atoms with Crippen LogP contribution in [-0.4, -0.2) is 5.97 Å². The molecule has 0 aromatic heterocycles. The molecule has 2 aromatic rings. The summed E-state index contributed by atoms with van der Waals surface area (Å²) in [5, 5.41) is 0.934. The van der Waals surface area contributed by atoms with Gasteiger partial charge in [-0.3, -0.25) is 0 Å². The molecule has 0 amide bonds. The summed E-state index contributed by atoms with van der Waals surface area (Å²) in [6, 6.07) is 10.2. The number of hydrogen-bond donors (Lipinski definition) is 1. The van der Waals surface area contributed by atoms with Crippen LogP contribution in [-0.2, 0) is 11.3 Å². The normalized spacial score (nSPS) is 10.3. The van der Waals surface area contributed by atoms with Gasteiger partial charge in [0.2, 0.25) is 0 Å². The van der Waals surface area contributed by atoms with Crippen molar-refractivity contribution in [2.45, 2.75) is 13.5 Å². The van der Waals surface area contributed by atoms with Crippen LogP contribution >= 0.6 is 23.2 Å². The van der Waals surface area contributed by atoms with Crippen LogP contribution in [0.15, 0.2) is 36.4 Å². The third-order valence-electron chi connectivity index (χ3n) is 3.00. The number of benzene rings is 2. The minimum Gasteiger partial charge on any atom is -0.457 e. The molecule has 0 aliphatic rings. The Bertz CT molecular complexity index is 636. The molecule has 3 nitrogen and oxygen atoms in total. The number of esters is 1. The smallest absolute Gasteiger partial charge is 0.338 e. The van der Waals surface area contributed by atoms with E-state index in [2.05, 4.69) is 0 Å². The van der Waals surface area contributed by atoms with Gasteiger partial charge in [-0.2, -0.15) is 0 Å². The van der Waals surface area contributed by atoms with Gasteiger partial charge in [-0.1, -0.05) is 35.3 Å². The maximum absolute atomic E-state index is 12.0. The first-order valence-corrected chi connectivity index (χ1v) is 6.71. The molecule has 2 N–H and O–H groups in total. The summed E-state index contributed by atoms with van der Waals surface area (Å²) < 4.78 is 5.25. The van der Waals surface area contributed by atoms with E-state index in [0.717, 1.165) is 0 Å². The van der Waals surface area contributed by atoms with Crippen molar-refractivity contribution in [2.24, 2.45) is 0 Å². The van der Waals surface area contributed by atoms with E-state index in [1.54, 1.807) is 43.3 Å². The molecule has 2 rings (SSSR count). The molecular weight excluding hydrogens is 297 g/mol. The third kappa shape index (κ3) is 3.06. The van der Waals surface area contributed by atoms with Crippen LogP contribution in [0.25, 0.3) is 0 Å². The molecule has 0 radical (unpaired) electrons. The Labute approximate surface area is 127 Å². The van der Waals surface area contributed by atoms with E-state index in [9.17, 15) is 4.79 Å². The fraction of sp³-hybridized carbons (Fsp3) is 0.133. The van der Waals surface area contributed by atoms with Crippen molar-refractivity contribution in [2.75, 3.05) is 5.73 Å². The fourth-order valence-electron chi connectivity index (χ4n) is 1.76. The second-order valence-electron chi connectivity index (χ2n) is 4.30. The monoisotopic (exact) mass is 309 g/mol. The van der Waals surface area contributed by atoms with Crippen LogP contribution in [0.4, 0.5) is 5.69 Å². The Morgan fingerprint density at radius 1 is 1.15 bits per heavy atom. The summed E-state index contributed by atoms with van der Waals surface area (Å²) in [6.07, 6.45) is 0. The fourth-order valence-corrected chi connectivity index (χ4v) is 2.27. The molecule has 0 fully saturated rings. The molecule has 0 atom stereocenters. The highest BCUT2D eigenvalue weighted by atomic mass is 35.5. The van der Waals surface area contributed by atoms with E-state index >= 15 is 0 Å². The van der Waals surface area contributed by atoms with E-state index in [0.29, 0.717) is 32.4 Å². The van der Waals surface area contributed by atoms with Crippen molar-refractivity contribution in [1.29, 1.82) is 0 Å². The second kappa shape index (κ2) is 6.16. The van der Waals surface area contributed by atoms with Gasteiger partial charge in [0.15, 0.2) is 0 Å². The average molecular weight is 310 g/mol. The molecule has 0 unspecified atom stereocenters.